The van der Waals surface area contributed by atoms with E-state index in [1.54, 1.807) is 0 Å². The first-order valence-corrected chi connectivity index (χ1v) is 3.16. The quantitative estimate of drug-likeness (QED) is 0.442. The molecule has 2 heterocycles. The highest BCUT2D eigenvalue weighted by Gasteiger charge is 2.18. The van der Waals surface area contributed by atoms with Gasteiger partial charge in [-0.2, -0.15) is 14.6 Å². The third-order valence-electron chi connectivity index (χ3n) is 1.39. The average Bonchev–Trinajstić information content (AvgIpc) is 2.52. The molecule has 0 aliphatic rings. The van der Waals surface area contributed by atoms with Gasteiger partial charge in [0.25, 0.3) is 5.78 Å². The first kappa shape index (κ1) is 7.34. The Bertz CT molecular complexity index is 476. The van der Waals surface area contributed by atoms with Crippen molar-refractivity contribution in [2.24, 2.45) is 0 Å². The van der Waals surface area contributed by atoms with E-state index >= 15 is 0 Å². The van der Waals surface area contributed by atoms with Gasteiger partial charge < -0.3 is 15.8 Å². The van der Waals surface area contributed by atoms with Crippen LogP contribution < -0.4 is 5.73 Å². The topological polar surface area (TPSA) is 125 Å². The third kappa shape index (κ3) is 0.937. The molecule has 0 radical (unpaired) electrons. The summed E-state index contributed by atoms with van der Waals surface area (Å²) in [4.78, 5) is 13.3. The fraction of sp³-hybridized carbons (Fsp3) is 0. The molecule has 13 heavy (non-hydrogen) atoms. The van der Waals surface area contributed by atoms with Crippen LogP contribution in [-0.2, 0) is 0 Å². The van der Waals surface area contributed by atoms with Crippen molar-refractivity contribution in [3.8, 4) is 0 Å². The van der Waals surface area contributed by atoms with E-state index in [9.17, 15) is 10.1 Å². The molecule has 2 aromatic heterocycles. The van der Waals surface area contributed by atoms with Crippen LogP contribution in [0.15, 0.2) is 6.33 Å². The molecule has 0 amide bonds. The third-order valence-corrected chi connectivity index (χ3v) is 1.39. The Hall–Kier alpha value is -2.32. The molecule has 9 heteroatoms. The summed E-state index contributed by atoms with van der Waals surface area (Å²) in [5.74, 6) is -0.589. The van der Waals surface area contributed by atoms with Gasteiger partial charge in [0.2, 0.25) is 5.82 Å². The number of nitro groups is 1. The molecule has 0 fully saturated rings. The first-order chi connectivity index (χ1) is 6.20. The Morgan fingerprint density at radius 2 is 2.31 bits per heavy atom. The van der Waals surface area contributed by atoms with Crippen LogP contribution in [0.5, 0.6) is 0 Å². The lowest BCUT2D eigenvalue weighted by Gasteiger charge is -1.95. The lowest BCUT2D eigenvalue weighted by Crippen LogP contribution is -2.07. The maximum Gasteiger partial charge on any atom is 0.433 e. The summed E-state index contributed by atoms with van der Waals surface area (Å²) in [6, 6.07) is 0. The number of nitrogens with zero attached hydrogens (tertiary/aromatic N) is 6. The highest BCUT2D eigenvalue weighted by atomic mass is 16.6. The van der Waals surface area contributed by atoms with Gasteiger partial charge in [0, 0.05) is 5.10 Å². The van der Waals surface area contributed by atoms with Crippen molar-refractivity contribution in [2.45, 2.75) is 0 Å². The minimum atomic E-state index is -0.733. The Balaban J connectivity index is 2.80. The molecule has 0 aliphatic heterocycles. The van der Waals surface area contributed by atoms with Crippen LogP contribution >= 0.6 is 0 Å². The van der Waals surface area contributed by atoms with E-state index in [2.05, 4.69) is 20.3 Å². The minimum absolute atomic E-state index is 0.128. The molecule has 0 bridgehead atoms. The van der Waals surface area contributed by atoms with Gasteiger partial charge in [0.1, 0.15) is 6.33 Å². The summed E-state index contributed by atoms with van der Waals surface area (Å²) in [5.41, 5.74) is 5.38. The van der Waals surface area contributed by atoms with Gasteiger partial charge in [-0.15, -0.1) is 0 Å². The van der Waals surface area contributed by atoms with Gasteiger partial charge >= 0.3 is 5.82 Å². The molecular formula is C4H3N7O2. The molecule has 0 atom stereocenters. The van der Waals surface area contributed by atoms with Crippen molar-refractivity contribution in [3.63, 3.8) is 0 Å². The van der Waals surface area contributed by atoms with E-state index in [1.165, 1.54) is 6.33 Å². The smallest absolute Gasteiger partial charge is 0.376 e. The van der Waals surface area contributed by atoms with E-state index in [4.69, 9.17) is 5.73 Å². The zero-order valence-corrected chi connectivity index (χ0v) is 6.15. The SMILES string of the molecule is Nc1c([N+](=O)[O-])nnc2ncnn12. The van der Waals surface area contributed by atoms with Crippen molar-refractivity contribution < 1.29 is 4.92 Å². The summed E-state index contributed by atoms with van der Waals surface area (Å²) in [6.45, 7) is 0. The fourth-order valence-electron chi connectivity index (χ4n) is 0.842. The monoisotopic (exact) mass is 181 g/mol. The Labute approximate surface area is 70.4 Å². The molecule has 66 valence electrons. The molecule has 0 saturated heterocycles. The maximum atomic E-state index is 10.3. The van der Waals surface area contributed by atoms with Gasteiger partial charge in [-0.1, -0.05) is 0 Å². The molecule has 0 spiro atoms. The molecule has 2 aromatic rings. The van der Waals surface area contributed by atoms with Crippen molar-refractivity contribution in [1.82, 2.24) is 24.8 Å². The molecule has 0 aliphatic carbocycles. The molecular weight excluding hydrogens is 178 g/mol. The summed E-state index contributed by atoms with van der Waals surface area (Å²) in [7, 11) is 0. The number of hydrogen-bond acceptors (Lipinski definition) is 7. The highest BCUT2D eigenvalue weighted by Crippen LogP contribution is 2.14. The Kier molecular flexibility index (Phi) is 1.32. The second kappa shape index (κ2) is 2.33. The zero-order valence-electron chi connectivity index (χ0n) is 6.15. The molecule has 2 N–H and O–H groups in total. The molecule has 0 saturated carbocycles. The number of rotatable bonds is 1. The fourth-order valence-corrected chi connectivity index (χ4v) is 0.842. The lowest BCUT2D eigenvalue weighted by molar-refractivity contribution is -0.389. The normalized spacial score (nSPS) is 10.5. The van der Waals surface area contributed by atoms with Gasteiger partial charge in [0.15, 0.2) is 0 Å². The number of nitrogen functional groups attached to an aromatic ring is 1. The van der Waals surface area contributed by atoms with E-state index in [1.807, 2.05) is 0 Å². The minimum Gasteiger partial charge on any atom is -0.376 e. The average molecular weight is 181 g/mol. The van der Waals surface area contributed by atoms with Gasteiger partial charge in [-0.3, -0.25) is 0 Å². The van der Waals surface area contributed by atoms with Crippen LogP contribution in [0.2, 0.25) is 0 Å². The predicted octanol–water partition coefficient (Wildman–Crippen LogP) is -0.990. The van der Waals surface area contributed by atoms with E-state index in [-0.39, 0.29) is 11.6 Å². The second-order valence-corrected chi connectivity index (χ2v) is 2.14. The maximum absolute atomic E-state index is 10.3. The first-order valence-electron chi connectivity index (χ1n) is 3.16. The van der Waals surface area contributed by atoms with Gasteiger partial charge in [-0.25, -0.2) is 0 Å². The van der Waals surface area contributed by atoms with Crippen LogP contribution in [0.1, 0.15) is 0 Å². The van der Waals surface area contributed by atoms with E-state index < -0.39 is 10.7 Å². The van der Waals surface area contributed by atoms with Crippen LogP contribution in [0.4, 0.5) is 11.6 Å². The molecule has 0 aromatic carbocycles. The van der Waals surface area contributed by atoms with E-state index in [0.717, 1.165) is 4.52 Å². The predicted molar refractivity (Wildman–Crippen MR) is 39.6 cm³/mol. The number of aromatic nitrogens is 5. The number of hydrogen-bond donors (Lipinski definition) is 1. The van der Waals surface area contributed by atoms with Crippen LogP contribution in [0.3, 0.4) is 0 Å². The van der Waals surface area contributed by atoms with Crippen molar-refractivity contribution >= 4 is 17.4 Å². The number of fused-ring (bicyclic) bond motifs is 1. The zero-order chi connectivity index (χ0) is 9.42. The van der Waals surface area contributed by atoms with Crippen LogP contribution in [-0.4, -0.2) is 29.7 Å². The lowest BCUT2D eigenvalue weighted by atomic mass is 10.6. The molecule has 9 nitrogen and oxygen atoms in total. The van der Waals surface area contributed by atoms with Gasteiger partial charge in [-0.05, 0) is 4.92 Å². The van der Waals surface area contributed by atoms with Crippen molar-refractivity contribution in [1.29, 1.82) is 0 Å². The van der Waals surface area contributed by atoms with Crippen LogP contribution in [0, 0.1) is 10.1 Å². The Morgan fingerprint density at radius 3 is 3.00 bits per heavy atom. The number of anilines is 1. The molecule has 0 unspecified atom stereocenters. The number of nitrogens with two attached hydrogens (primary N) is 1. The summed E-state index contributed by atoms with van der Waals surface area (Å²) < 4.78 is 1.05. The molecule has 2 rings (SSSR count). The van der Waals surface area contributed by atoms with Gasteiger partial charge in [0.05, 0.1) is 5.10 Å². The largest absolute Gasteiger partial charge is 0.433 e. The van der Waals surface area contributed by atoms with Crippen LogP contribution in [0.25, 0.3) is 5.78 Å². The standard InChI is InChI=1S/C4H3N7O2/c5-2-3(11(12)13)8-9-4-6-1-7-10(2)4/h1H,5H2. The van der Waals surface area contributed by atoms with Crippen molar-refractivity contribution in [2.75, 3.05) is 5.73 Å². The summed E-state index contributed by atoms with van der Waals surface area (Å²) >= 11 is 0. The van der Waals surface area contributed by atoms with E-state index in [0.29, 0.717) is 0 Å². The summed E-state index contributed by atoms with van der Waals surface area (Å²) in [6.07, 6.45) is 1.18. The summed E-state index contributed by atoms with van der Waals surface area (Å²) in [5, 5.41) is 20.7. The highest BCUT2D eigenvalue weighted by molar-refractivity contribution is 5.49. The van der Waals surface area contributed by atoms with Crippen molar-refractivity contribution in [3.05, 3.63) is 16.4 Å². The second-order valence-electron chi connectivity index (χ2n) is 2.14. The Morgan fingerprint density at radius 1 is 1.54 bits per heavy atom.